The van der Waals surface area contributed by atoms with Crippen LogP contribution in [0.1, 0.15) is 12.5 Å². The largest absolute Gasteiger partial charge is 0.357 e. The molecule has 1 aliphatic heterocycles. The van der Waals surface area contributed by atoms with Crippen LogP contribution in [0.4, 0.5) is 5.69 Å². The summed E-state index contributed by atoms with van der Waals surface area (Å²) in [4.78, 5) is 11.8. The van der Waals surface area contributed by atoms with Crippen molar-refractivity contribution >= 4 is 11.6 Å². The van der Waals surface area contributed by atoms with E-state index in [-0.39, 0.29) is 5.91 Å². The van der Waals surface area contributed by atoms with Gasteiger partial charge < -0.3 is 10.1 Å². The number of benzene rings is 1. The van der Waals surface area contributed by atoms with Gasteiger partial charge >= 0.3 is 0 Å². The van der Waals surface area contributed by atoms with Crippen LogP contribution in [0.15, 0.2) is 36.9 Å². The molecule has 0 aliphatic carbocycles. The first-order chi connectivity index (χ1) is 7.18. The molecule has 1 aliphatic rings. The Hall–Kier alpha value is -1.61. The topological polar surface area (TPSA) is 38.3 Å². The van der Waals surface area contributed by atoms with Crippen LogP contribution in [0.5, 0.6) is 0 Å². The van der Waals surface area contributed by atoms with Crippen LogP contribution in [-0.4, -0.2) is 12.5 Å². The molecule has 1 amide bonds. The van der Waals surface area contributed by atoms with E-state index in [1.165, 1.54) is 0 Å². The van der Waals surface area contributed by atoms with Gasteiger partial charge in [-0.05, 0) is 13.0 Å². The number of fused-ring (bicyclic) bond motifs is 1. The lowest BCUT2D eigenvalue weighted by atomic mass is 9.97. The Kier molecular flexibility index (Phi) is 2.32. The highest BCUT2D eigenvalue weighted by Crippen LogP contribution is 2.38. The third kappa shape index (κ3) is 1.45. The fourth-order valence-electron chi connectivity index (χ4n) is 1.74. The second-order valence-corrected chi connectivity index (χ2v) is 3.63. The zero-order valence-electron chi connectivity index (χ0n) is 8.62. The summed E-state index contributed by atoms with van der Waals surface area (Å²) in [6.07, 6.45) is 1.64. The Balaban J connectivity index is 2.40. The number of rotatable bonds is 3. The molecule has 78 valence electrons. The van der Waals surface area contributed by atoms with Crippen molar-refractivity contribution in [1.29, 1.82) is 0 Å². The summed E-state index contributed by atoms with van der Waals surface area (Å²) in [5, 5.41) is 2.80. The lowest BCUT2D eigenvalue weighted by Gasteiger charge is -2.21. The summed E-state index contributed by atoms with van der Waals surface area (Å²) in [7, 11) is 0. The molecule has 0 saturated carbocycles. The smallest absolute Gasteiger partial charge is 0.261 e. The second kappa shape index (κ2) is 3.51. The normalized spacial score (nSPS) is 23.4. The third-order valence-corrected chi connectivity index (χ3v) is 2.61. The van der Waals surface area contributed by atoms with Gasteiger partial charge in [-0.2, -0.15) is 0 Å². The summed E-state index contributed by atoms with van der Waals surface area (Å²) in [5.41, 5.74) is 0.830. The Bertz CT molecular complexity index is 414. The highest BCUT2D eigenvalue weighted by Gasteiger charge is 2.43. The van der Waals surface area contributed by atoms with Crippen molar-refractivity contribution in [2.75, 3.05) is 11.9 Å². The standard InChI is InChI=1S/C12H13NO2/c1-3-8-15-12(2)9-6-4-5-7-10(9)13-11(12)14/h3-7H,1,8H2,2H3,(H,13,14). The molecule has 1 heterocycles. The van der Waals surface area contributed by atoms with E-state index in [4.69, 9.17) is 4.74 Å². The van der Waals surface area contributed by atoms with Crippen LogP contribution in [-0.2, 0) is 15.1 Å². The molecule has 3 heteroatoms. The average molecular weight is 203 g/mol. The highest BCUT2D eigenvalue weighted by molar-refractivity contribution is 6.04. The maximum absolute atomic E-state index is 11.8. The molecule has 0 saturated heterocycles. The summed E-state index contributed by atoms with van der Waals surface area (Å²) in [5.74, 6) is -0.120. The van der Waals surface area contributed by atoms with Crippen molar-refractivity contribution in [3.63, 3.8) is 0 Å². The third-order valence-electron chi connectivity index (χ3n) is 2.61. The molecule has 0 aromatic heterocycles. The van der Waals surface area contributed by atoms with Crippen molar-refractivity contribution in [3.05, 3.63) is 42.5 Å². The van der Waals surface area contributed by atoms with E-state index in [1.54, 1.807) is 13.0 Å². The van der Waals surface area contributed by atoms with Crippen LogP contribution in [0.2, 0.25) is 0 Å². The van der Waals surface area contributed by atoms with Crippen molar-refractivity contribution in [2.24, 2.45) is 0 Å². The fraction of sp³-hybridized carbons (Fsp3) is 0.250. The number of ether oxygens (including phenoxy) is 1. The number of amides is 1. The van der Waals surface area contributed by atoms with E-state index < -0.39 is 5.60 Å². The van der Waals surface area contributed by atoms with Crippen molar-refractivity contribution in [1.82, 2.24) is 0 Å². The lowest BCUT2D eigenvalue weighted by Crippen LogP contribution is -2.34. The maximum Gasteiger partial charge on any atom is 0.261 e. The number of hydrogen-bond acceptors (Lipinski definition) is 2. The van der Waals surface area contributed by atoms with Gasteiger partial charge in [-0.3, -0.25) is 4.79 Å². The highest BCUT2D eigenvalue weighted by atomic mass is 16.5. The zero-order chi connectivity index (χ0) is 10.9. The van der Waals surface area contributed by atoms with Gasteiger partial charge in [0.15, 0.2) is 5.60 Å². The summed E-state index contributed by atoms with van der Waals surface area (Å²) in [6.45, 7) is 5.71. The van der Waals surface area contributed by atoms with E-state index >= 15 is 0 Å². The second-order valence-electron chi connectivity index (χ2n) is 3.63. The van der Waals surface area contributed by atoms with Gasteiger partial charge in [0.1, 0.15) is 0 Å². The van der Waals surface area contributed by atoms with Gasteiger partial charge in [-0.25, -0.2) is 0 Å². The van der Waals surface area contributed by atoms with E-state index in [0.717, 1.165) is 11.3 Å². The first-order valence-electron chi connectivity index (χ1n) is 4.84. The van der Waals surface area contributed by atoms with Gasteiger partial charge in [-0.1, -0.05) is 24.3 Å². The van der Waals surface area contributed by atoms with Crippen LogP contribution in [0.3, 0.4) is 0 Å². The van der Waals surface area contributed by atoms with Crippen molar-refractivity contribution in [3.8, 4) is 0 Å². The predicted octanol–water partition coefficient (Wildman–Crippen LogP) is 2.06. The lowest BCUT2D eigenvalue weighted by molar-refractivity contribution is -0.137. The minimum Gasteiger partial charge on any atom is -0.357 e. The molecule has 1 unspecified atom stereocenters. The molecule has 1 N–H and O–H groups in total. The Morgan fingerprint density at radius 1 is 1.53 bits per heavy atom. The maximum atomic E-state index is 11.8. The number of hydrogen-bond donors (Lipinski definition) is 1. The molecular weight excluding hydrogens is 190 g/mol. The van der Waals surface area contributed by atoms with E-state index in [2.05, 4.69) is 11.9 Å². The quantitative estimate of drug-likeness (QED) is 0.763. The van der Waals surface area contributed by atoms with Crippen LogP contribution in [0, 0.1) is 0 Å². The van der Waals surface area contributed by atoms with E-state index in [1.807, 2.05) is 24.3 Å². The molecule has 0 bridgehead atoms. The Morgan fingerprint density at radius 3 is 3.00 bits per heavy atom. The van der Waals surface area contributed by atoms with Gasteiger partial charge in [0.05, 0.1) is 6.61 Å². The molecule has 15 heavy (non-hydrogen) atoms. The monoisotopic (exact) mass is 203 g/mol. The Labute approximate surface area is 88.8 Å². The molecule has 1 aromatic carbocycles. The summed E-state index contributed by atoms with van der Waals surface area (Å²) < 4.78 is 5.55. The minimum atomic E-state index is -0.884. The number of nitrogens with one attached hydrogen (secondary N) is 1. The summed E-state index contributed by atoms with van der Waals surface area (Å²) in [6, 6.07) is 7.55. The molecule has 0 radical (unpaired) electrons. The first-order valence-corrected chi connectivity index (χ1v) is 4.84. The van der Waals surface area contributed by atoms with Gasteiger partial charge in [0.2, 0.25) is 0 Å². The molecule has 3 nitrogen and oxygen atoms in total. The van der Waals surface area contributed by atoms with Crippen molar-refractivity contribution < 1.29 is 9.53 Å². The van der Waals surface area contributed by atoms with E-state index in [0.29, 0.717) is 6.61 Å². The van der Waals surface area contributed by atoms with Crippen LogP contribution < -0.4 is 5.32 Å². The first kappa shape index (κ1) is 9.93. The fourth-order valence-corrected chi connectivity index (χ4v) is 1.74. The van der Waals surface area contributed by atoms with Crippen molar-refractivity contribution in [2.45, 2.75) is 12.5 Å². The molecule has 0 spiro atoms. The Morgan fingerprint density at radius 2 is 2.27 bits per heavy atom. The zero-order valence-corrected chi connectivity index (χ0v) is 8.62. The number of anilines is 1. The number of para-hydroxylation sites is 1. The molecular formula is C12H13NO2. The van der Waals surface area contributed by atoms with Crippen LogP contribution >= 0.6 is 0 Å². The molecule has 0 fully saturated rings. The predicted molar refractivity (Wildman–Crippen MR) is 58.6 cm³/mol. The summed E-state index contributed by atoms with van der Waals surface area (Å²) >= 11 is 0. The van der Waals surface area contributed by atoms with E-state index in [9.17, 15) is 4.79 Å². The number of carbonyl (C=O) groups excluding carboxylic acids is 1. The molecule has 2 rings (SSSR count). The molecule has 1 atom stereocenters. The molecule has 1 aromatic rings. The SMILES string of the molecule is C=CCOC1(C)C(=O)Nc2ccccc21. The minimum absolute atomic E-state index is 0.120. The number of carbonyl (C=O) groups is 1. The van der Waals surface area contributed by atoms with Gasteiger partial charge in [0, 0.05) is 11.3 Å². The van der Waals surface area contributed by atoms with Gasteiger partial charge in [-0.15, -0.1) is 6.58 Å². The average Bonchev–Trinajstić information content (AvgIpc) is 2.50. The van der Waals surface area contributed by atoms with Crippen LogP contribution in [0.25, 0.3) is 0 Å². The van der Waals surface area contributed by atoms with Gasteiger partial charge in [0.25, 0.3) is 5.91 Å².